The number of rotatable bonds is 6. The number of hydrogen-bond donors (Lipinski definition) is 1. The summed E-state index contributed by atoms with van der Waals surface area (Å²) in [5.41, 5.74) is 1.40. The molecule has 1 saturated heterocycles. The van der Waals surface area contributed by atoms with E-state index < -0.39 is 0 Å². The Hall–Kier alpha value is -1.59. The number of carbonyl (C=O) groups excluding carboxylic acids is 1. The standard InChI is InChI=1S/C22H30N2O2S/c1-2-16-8-9-20-17(13-16)14-21(27-20)22(25)23-15-18(19-7-6-12-26-19)24-10-4-3-5-11-24/h6-7,12,14,16,18H,2-5,8-11,13,15H2,1H3,(H,23,25)/t16-,18-/m1/s1. The van der Waals surface area contributed by atoms with Crippen molar-refractivity contribution in [1.82, 2.24) is 10.2 Å². The fraction of sp³-hybridized carbons (Fsp3) is 0.591. The number of thiophene rings is 1. The Kier molecular flexibility index (Phi) is 5.98. The van der Waals surface area contributed by atoms with E-state index in [0.717, 1.165) is 42.5 Å². The van der Waals surface area contributed by atoms with Gasteiger partial charge in [-0.25, -0.2) is 0 Å². The molecule has 2 aromatic rings. The van der Waals surface area contributed by atoms with Gasteiger partial charge in [-0.1, -0.05) is 19.8 Å². The van der Waals surface area contributed by atoms with Crippen LogP contribution in [0, 0.1) is 5.92 Å². The van der Waals surface area contributed by atoms with E-state index in [9.17, 15) is 4.79 Å². The first kappa shape index (κ1) is 18.8. The van der Waals surface area contributed by atoms with Gasteiger partial charge in [-0.15, -0.1) is 11.3 Å². The minimum Gasteiger partial charge on any atom is -0.468 e. The molecule has 0 saturated carbocycles. The summed E-state index contributed by atoms with van der Waals surface area (Å²) in [4.78, 5) is 17.6. The molecule has 1 aliphatic carbocycles. The molecule has 1 fully saturated rings. The van der Waals surface area contributed by atoms with Gasteiger partial charge in [0.05, 0.1) is 17.2 Å². The maximum absolute atomic E-state index is 12.8. The van der Waals surface area contributed by atoms with E-state index >= 15 is 0 Å². The summed E-state index contributed by atoms with van der Waals surface area (Å²) < 4.78 is 5.69. The third kappa shape index (κ3) is 4.30. The number of furan rings is 1. The Morgan fingerprint density at radius 2 is 2.22 bits per heavy atom. The highest BCUT2D eigenvalue weighted by atomic mass is 32.1. The van der Waals surface area contributed by atoms with E-state index in [2.05, 4.69) is 23.2 Å². The maximum atomic E-state index is 12.8. The van der Waals surface area contributed by atoms with Crippen LogP contribution >= 0.6 is 11.3 Å². The lowest BCUT2D eigenvalue weighted by molar-refractivity contribution is 0.0918. The molecule has 4 rings (SSSR count). The third-order valence-electron chi connectivity index (χ3n) is 6.15. The lowest BCUT2D eigenvalue weighted by Crippen LogP contribution is -2.40. The average Bonchev–Trinajstić information content (AvgIpc) is 3.38. The fourth-order valence-electron chi connectivity index (χ4n) is 4.46. The van der Waals surface area contributed by atoms with E-state index in [1.165, 1.54) is 42.5 Å². The summed E-state index contributed by atoms with van der Waals surface area (Å²) in [7, 11) is 0. The zero-order chi connectivity index (χ0) is 18.6. The predicted octanol–water partition coefficient (Wildman–Crippen LogP) is 4.81. The van der Waals surface area contributed by atoms with Crippen LogP contribution < -0.4 is 5.32 Å². The molecule has 2 atom stereocenters. The van der Waals surface area contributed by atoms with E-state index in [0.29, 0.717) is 6.54 Å². The van der Waals surface area contributed by atoms with Crippen LogP contribution in [0.15, 0.2) is 28.9 Å². The van der Waals surface area contributed by atoms with Gasteiger partial charge >= 0.3 is 0 Å². The Balaban J connectivity index is 1.42. The number of fused-ring (bicyclic) bond motifs is 1. The number of nitrogens with one attached hydrogen (secondary N) is 1. The molecule has 0 bridgehead atoms. The number of likely N-dealkylation sites (tertiary alicyclic amines) is 1. The maximum Gasteiger partial charge on any atom is 0.261 e. The molecule has 3 heterocycles. The lowest BCUT2D eigenvalue weighted by Gasteiger charge is -2.33. The molecule has 146 valence electrons. The van der Waals surface area contributed by atoms with Gasteiger partial charge in [0, 0.05) is 11.4 Å². The third-order valence-corrected chi connectivity index (χ3v) is 7.38. The zero-order valence-electron chi connectivity index (χ0n) is 16.2. The highest BCUT2D eigenvalue weighted by Gasteiger charge is 2.26. The van der Waals surface area contributed by atoms with Crippen molar-refractivity contribution in [3.63, 3.8) is 0 Å². The molecular formula is C22H30N2O2S. The van der Waals surface area contributed by atoms with Crippen LogP contribution in [-0.4, -0.2) is 30.4 Å². The van der Waals surface area contributed by atoms with Crippen molar-refractivity contribution >= 4 is 17.2 Å². The molecule has 2 aliphatic rings. The largest absolute Gasteiger partial charge is 0.468 e. The van der Waals surface area contributed by atoms with Gasteiger partial charge in [-0.05, 0) is 74.9 Å². The second-order valence-corrected chi connectivity index (χ2v) is 9.05. The Bertz CT molecular complexity index is 746. The number of hydrogen-bond acceptors (Lipinski definition) is 4. The molecule has 2 aromatic heterocycles. The summed E-state index contributed by atoms with van der Waals surface area (Å²) in [5, 5.41) is 3.19. The second kappa shape index (κ2) is 8.61. The van der Waals surface area contributed by atoms with E-state index in [-0.39, 0.29) is 11.9 Å². The molecule has 0 spiro atoms. The molecule has 1 aliphatic heterocycles. The molecule has 4 nitrogen and oxygen atoms in total. The predicted molar refractivity (Wildman–Crippen MR) is 109 cm³/mol. The van der Waals surface area contributed by atoms with E-state index in [4.69, 9.17) is 4.42 Å². The number of amides is 1. The smallest absolute Gasteiger partial charge is 0.261 e. The molecule has 0 unspecified atom stereocenters. The minimum atomic E-state index is 0.0658. The summed E-state index contributed by atoms with van der Waals surface area (Å²) in [6.07, 6.45) is 10.2. The summed E-state index contributed by atoms with van der Waals surface area (Å²) in [6, 6.07) is 6.23. The van der Waals surface area contributed by atoms with Gasteiger partial charge in [0.25, 0.3) is 5.91 Å². The van der Waals surface area contributed by atoms with E-state index in [1.807, 2.05) is 12.1 Å². The topological polar surface area (TPSA) is 45.5 Å². The van der Waals surface area contributed by atoms with Crippen molar-refractivity contribution in [3.05, 3.63) is 45.5 Å². The van der Waals surface area contributed by atoms with Crippen LogP contribution in [0.25, 0.3) is 0 Å². The number of aryl methyl sites for hydroxylation is 1. The van der Waals surface area contributed by atoms with Crippen LogP contribution in [0.4, 0.5) is 0 Å². The summed E-state index contributed by atoms with van der Waals surface area (Å²) in [6.45, 7) is 5.03. The molecule has 1 amide bonds. The van der Waals surface area contributed by atoms with Crippen LogP contribution in [0.3, 0.4) is 0 Å². The molecule has 5 heteroatoms. The Morgan fingerprint density at radius 3 is 2.96 bits per heavy atom. The average molecular weight is 387 g/mol. The highest BCUT2D eigenvalue weighted by molar-refractivity contribution is 7.14. The second-order valence-electron chi connectivity index (χ2n) is 7.91. The molecule has 27 heavy (non-hydrogen) atoms. The van der Waals surface area contributed by atoms with Crippen molar-refractivity contribution in [2.24, 2.45) is 5.92 Å². The molecular weight excluding hydrogens is 356 g/mol. The van der Waals surface area contributed by atoms with E-state index in [1.54, 1.807) is 17.6 Å². The minimum absolute atomic E-state index is 0.0658. The van der Waals surface area contributed by atoms with Gasteiger partial charge < -0.3 is 9.73 Å². The van der Waals surface area contributed by atoms with Crippen molar-refractivity contribution in [3.8, 4) is 0 Å². The van der Waals surface area contributed by atoms with Crippen molar-refractivity contribution in [2.75, 3.05) is 19.6 Å². The lowest BCUT2D eigenvalue weighted by atomic mass is 9.87. The van der Waals surface area contributed by atoms with Gasteiger partial charge in [0.15, 0.2) is 0 Å². The SMILES string of the molecule is CC[C@@H]1CCc2sc(C(=O)NC[C@H](c3ccco3)N3CCCCC3)cc2C1. The van der Waals surface area contributed by atoms with Crippen LogP contribution in [-0.2, 0) is 12.8 Å². The molecule has 1 N–H and O–H groups in total. The normalized spacial score (nSPS) is 21.6. The molecule has 0 aromatic carbocycles. The van der Waals surface area contributed by atoms with Crippen LogP contribution in [0.2, 0.25) is 0 Å². The number of nitrogens with zero attached hydrogens (tertiary/aromatic N) is 1. The summed E-state index contributed by atoms with van der Waals surface area (Å²) >= 11 is 1.69. The molecule has 0 radical (unpaired) electrons. The van der Waals surface area contributed by atoms with Gasteiger partial charge in [-0.3, -0.25) is 9.69 Å². The van der Waals surface area contributed by atoms with Gasteiger partial charge in [0.1, 0.15) is 5.76 Å². The highest BCUT2D eigenvalue weighted by Crippen LogP contribution is 2.33. The first-order valence-electron chi connectivity index (χ1n) is 10.4. The first-order valence-corrected chi connectivity index (χ1v) is 11.2. The fourth-order valence-corrected chi connectivity index (χ4v) is 5.58. The summed E-state index contributed by atoms with van der Waals surface area (Å²) in [5.74, 6) is 1.80. The van der Waals surface area contributed by atoms with Crippen LogP contribution in [0.5, 0.6) is 0 Å². The van der Waals surface area contributed by atoms with Gasteiger partial charge in [0.2, 0.25) is 0 Å². The van der Waals surface area contributed by atoms with Gasteiger partial charge in [-0.2, -0.15) is 0 Å². The quantitative estimate of drug-likeness (QED) is 0.775. The Morgan fingerprint density at radius 1 is 1.37 bits per heavy atom. The van der Waals surface area contributed by atoms with Crippen molar-refractivity contribution in [1.29, 1.82) is 0 Å². The first-order chi connectivity index (χ1) is 13.2. The zero-order valence-corrected chi connectivity index (χ0v) is 17.0. The van der Waals surface area contributed by atoms with Crippen molar-refractivity contribution in [2.45, 2.75) is 57.9 Å². The number of piperidine rings is 1. The Labute approximate surface area is 165 Å². The monoisotopic (exact) mass is 386 g/mol. The van der Waals surface area contributed by atoms with Crippen LogP contribution in [0.1, 0.15) is 70.9 Å². The number of carbonyl (C=O) groups is 1. The van der Waals surface area contributed by atoms with Crippen molar-refractivity contribution < 1.29 is 9.21 Å².